The van der Waals surface area contributed by atoms with E-state index in [0.29, 0.717) is 6.54 Å². The third-order valence-electron chi connectivity index (χ3n) is 3.49. The van der Waals surface area contributed by atoms with E-state index in [9.17, 15) is 0 Å². The Labute approximate surface area is 111 Å². The molecule has 0 unspecified atom stereocenters. The maximum atomic E-state index is 5.64. The summed E-state index contributed by atoms with van der Waals surface area (Å²) in [6, 6.07) is 4.02. The highest BCUT2D eigenvalue weighted by molar-refractivity contribution is 7.99. The van der Waals surface area contributed by atoms with Crippen LogP contribution in [-0.4, -0.2) is 26.1 Å². The molecule has 5 heteroatoms. The Hall–Kier alpha value is -1.07. The average molecular weight is 262 g/mol. The zero-order valence-corrected chi connectivity index (χ0v) is 11.2. The molecule has 2 aromatic heterocycles. The quantitative estimate of drug-likeness (QED) is 0.917. The molecule has 0 radical (unpaired) electrons. The Morgan fingerprint density at radius 2 is 2.22 bits per heavy atom. The minimum Gasteiger partial charge on any atom is -0.326 e. The monoisotopic (exact) mass is 262 g/mol. The van der Waals surface area contributed by atoms with Gasteiger partial charge in [-0.1, -0.05) is 0 Å². The van der Waals surface area contributed by atoms with Gasteiger partial charge in [0.2, 0.25) is 0 Å². The summed E-state index contributed by atoms with van der Waals surface area (Å²) in [5, 5.41) is 4.54. The number of fused-ring (bicyclic) bond motifs is 1. The van der Waals surface area contributed by atoms with Gasteiger partial charge in [-0.05, 0) is 48.0 Å². The number of rotatable bonds is 3. The SMILES string of the molecule is NCc1ccn2nc(CC3CCSCC3)nc2c1. The summed E-state index contributed by atoms with van der Waals surface area (Å²) >= 11 is 2.06. The van der Waals surface area contributed by atoms with E-state index >= 15 is 0 Å². The number of nitrogens with two attached hydrogens (primary N) is 1. The average Bonchev–Trinajstić information content (AvgIpc) is 2.80. The van der Waals surface area contributed by atoms with Crippen molar-refractivity contribution in [3.05, 3.63) is 29.7 Å². The van der Waals surface area contributed by atoms with Crippen molar-refractivity contribution in [1.82, 2.24) is 14.6 Å². The Kier molecular flexibility index (Phi) is 3.52. The molecule has 0 aliphatic carbocycles. The molecule has 3 rings (SSSR count). The molecule has 18 heavy (non-hydrogen) atoms. The summed E-state index contributed by atoms with van der Waals surface area (Å²) in [5.74, 6) is 4.31. The zero-order valence-electron chi connectivity index (χ0n) is 10.4. The predicted octanol–water partition coefficient (Wildman–Crippen LogP) is 1.87. The van der Waals surface area contributed by atoms with Crippen LogP contribution in [0.25, 0.3) is 5.65 Å². The number of aromatic nitrogens is 3. The third kappa shape index (κ3) is 2.52. The van der Waals surface area contributed by atoms with Gasteiger partial charge in [0, 0.05) is 19.2 Å². The van der Waals surface area contributed by atoms with E-state index in [4.69, 9.17) is 5.73 Å². The van der Waals surface area contributed by atoms with Gasteiger partial charge < -0.3 is 5.73 Å². The second-order valence-electron chi connectivity index (χ2n) is 4.83. The molecular formula is C13H18N4S. The second-order valence-corrected chi connectivity index (χ2v) is 6.05. The first-order valence-electron chi connectivity index (χ1n) is 6.47. The highest BCUT2D eigenvalue weighted by Crippen LogP contribution is 2.25. The van der Waals surface area contributed by atoms with E-state index in [0.717, 1.165) is 29.4 Å². The second kappa shape index (κ2) is 5.28. The fourth-order valence-electron chi connectivity index (χ4n) is 2.39. The van der Waals surface area contributed by atoms with Crippen LogP contribution in [0.15, 0.2) is 18.3 Å². The van der Waals surface area contributed by atoms with Gasteiger partial charge in [0.25, 0.3) is 0 Å². The molecule has 2 aromatic rings. The van der Waals surface area contributed by atoms with Crippen molar-refractivity contribution >= 4 is 17.4 Å². The Morgan fingerprint density at radius 3 is 3.00 bits per heavy atom. The molecule has 1 fully saturated rings. The first-order chi connectivity index (χ1) is 8.85. The van der Waals surface area contributed by atoms with Crippen molar-refractivity contribution < 1.29 is 0 Å². The molecule has 0 amide bonds. The van der Waals surface area contributed by atoms with Crippen molar-refractivity contribution in [3.8, 4) is 0 Å². The summed E-state index contributed by atoms with van der Waals surface area (Å²) in [6.45, 7) is 0.554. The van der Waals surface area contributed by atoms with Crippen molar-refractivity contribution in [3.63, 3.8) is 0 Å². The van der Waals surface area contributed by atoms with E-state index in [1.807, 2.05) is 22.8 Å². The van der Waals surface area contributed by atoms with Gasteiger partial charge in [-0.2, -0.15) is 16.9 Å². The molecule has 0 atom stereocenters. The van der Waals surface area contributed by atoms with Gasteiger partial charge in [0.05, 0.1) is 0 Å². The van der Waals surface area contributed by atoms with E-state index in [1.165, 1.54) is 24.3 Å². The van der Waals surface area contributed by atoms with Gasteiger partial charge in [0.15, 0.2) is 11.5 Å². The lowest BCUT2D eigenvalue weighted by Gasteiger charge is -2.19. The van der Waals surface area contributed by atoms with Gasteiger partial charge in [-0.15, -0.1) is 0 Å². The first kappa shape index (κ1) is 12.0. The van der Waals surface area contributed by atoms with Crippen LogP contribution in [0.2, 0.25) is 0 Å². The van der Waals surface area contributed by atoms with Gasteiger partial charge in [-0.25, -0.2) is 9.50 Å². The highest BCUT2D eigenvalue weighted by atomic mass is 32.2. The van der Waals surface area contributed by atoms with E-state index < -0.39 is 0 Å². The van der Waals surface area contributed by atoms with Crippen LogP contribution in [0, 0.1) is 5.92 Å². The number of hydrogen-bond acceptors (Lipinski definition) is 4. The molecule has 0 saturated carbocycles. The van der Waals surface area contributed by atoms with Crippen molar-refractivity contribution in [2.45, 2.75) is 25.8 Å². The van der Waals surface area contributed by atoms with Crippen LogP contribution in [0.4, 0.5) is 0 Å². The molecule has 1 saturated heterocycles. The lowest BCUT2D eigenvalue weighted by Crippen LogP contribution is -2.13. The predicted molar refractivity (Wildman–Crippen MR) is 74.6 cm³/mol. The topological polar surface area (TPSA) is 56.2 Å². The largest absolute Gasteiger partial charge is 0.326 e. The number of nitrogens with zero attached hydrogens (tertiary/aromatic N) is 3. The Bertz CT molecular complexity index is 531. The zero-order chi connectivity index (χ0) is 12.4. The Morgan fingerprint density at radius 1 is 1.39 bits per heavy atom. The maximum absolute atomic E-state index is 5.64. The highest BCUT2D eigenvalue weighted by Gasteiger charge is 2.16. The van der Waals surface area contributed by atoms with Crippen LogP contribution in [0.5, 0.6) is 0 Å². The summed E-state index contributed by atoms with van der Waals surface area (Å²) < 4.78 is 1.85. The molecule has 1 aliphatic heterocycles. The molecule has 0 spiro atoms. The third-order valence-corrected chi connectivity index (χ3v) is 4.54. The minimum atomic E-state index is 0.554. The fraction of sp³-hybridized carbons (Fsp3) is 0.538. The summed E-state index contributed by atoms with van der Waals surface area (Å²) in [7, 11) is 0. The number of pyridine rings is 1. The summed E-state index contributed by atoms with van der Waals surface area (Å²) in [6.07, 6.45) is 5.56. The lowest BCUT2D eigenvalue weighted by atomic mass is 9.99. The first-order valence-corrected chi connectivity index (χ1v) is 7.62. The van der Waals surface area contributed by atoms with Gasteiger partial charge in [0.1, 0.15) is 0 Å². The smallest absolute Gasteiger partial charge is 0.155 e. The minimum absolute atomic E-state index is 0.554. The molecule has 96 valence electrons. The van der Waals surface area contributed by atoms with Gasteiger partial charge in [-0.3, -0.25) is 0 Å². The number of thioether (sulfide) groups is 1. The van der Waals surface area contributed by atoms with Crippen molar-refractivity contribution in [2.75, 3.05) is 11.5 Å². The summed E-state index contributed by atoms with van der Waals surface area (Å²) in [5.41, 5.74) is 7.66. The van der Waals surface area contributed by atoms with Crippen molar-refractivity contribution in [1.29, 1.82) is 0 Å². The maximum Gasteiger partial charge on any atom is 0.155 e. The van der Waals surface area contributed by atoms with Crippen LogP contribution < -0.4 is 5.73 Å². The van der Waals surface area contributed by atoms with Gasteiger partial charge >= 0.3 is 0 Å². The van der Waals surface area contributed by atoms with Crippen LogP contribution in [-0.2, 0) is 13.0 Å². The van der Waals surface area contributed by atoms with Crippen LogP contribution in [0.1, 0.15) is 24.2 Å². The number of hydrogen-bond donors (Lipinski definition) is 1. The van der Waals surface area contributed by atoms with E-state index in [2.05, 4.69) is 21.8 Å². The molecular weight excluding hydrogens is 244 g/mol. The standard InChI is InChI=1S/C13H18N4S/c14-9-11-1-4-17-13(8-11)15-12(16-17)7-10-2-5-18-6-3-10/h1,4,8,10H,2-3,5-7,9,14H2. The molecule has 0 bridgehead atoms. The van der Waals surface area contributed by atoms with Crippen LogP contribution in [0.3, 0.4) is 0 Å². The molecule has 3 heterocycles. The van der Waals surface area contributed by atoms with Crippen LogP contribution >= 0.6 is 11.8 Å². The lowest BCUT2D eigenvalue weighted by molar-refractivity contribution is 0.476. The fourth-order valence-corrected chi connectivity index (χ4v) is 3.60. The van der Waals surface area contributed by atoms with E-state index in [-0.39, 0.29) is 0 Å². The molecule has 0 aromatic carbocycles. The Balaban J connectivity index is 1.79. The molecule has 4 nitrogen and oxygen atoms in total. The van der Waals surface area contributed by atoms with Crippen molar-refractivity contribution in [2.24, 2.45) is 11.7 Å². The molecule has 2 N–H and O–H groups in total. The molecule has 1 aliphatic rings. The normalized spacial score (nSPS) is 17.4. The van der Waals surface area contributed by atoms with E-state index in [1.54, 1.807) is 0 Å². The summed E-state index contributed by atoms with van der Waals surface area (Å²) in [4.78, 5) is 4.60.